The molecule has 0 atom stereocenters. The molecule has 9 nitrogen and oxygen atoms in total. The van der Waals surface area contributed by atoms with Gasteiger partial charge in [-0.3, -0.25) is 0 Å². The maximum atomic E-state index is 10.6. The molecule has 4 aromatic carbocycles. The molecule has 4 rings (SSSR count). The number of para-hydroxylation sites is 4. The van der Waals surface area contributed by atoms with E-state index in [1.807, 2.05) is 0 Å². The molecule has 0 aliphatic heterocycles. The molecule has 35 heavy (non-hydrogen) atoms. The van der Waals surface area contributed by atoms with Gasteiger partial charge in [0.2, 0.25) is 0 Å². The number of hydrogen-bond acceptors (Lipinski definition) is 9. The second kappa shape index (κ2) is 9.24. The minimum atomic E-state index is -1.39. The first-order valence-electron chi connectivity index (χ1n) is 10.4. The summed E-state index contributed by atoms with van der Waals surface area (Å²) >= 11 is 0. The molecule has 0 fully saturated rings. The number of phenols is 8. The Labute approximate surface area is 199 Å². The maximum absolute atomic E-state index is 10.6. The Balaban J connectivity index is 1.97. The normalized spacial score (nSPS) is 11.3. The van der Waals surface area contributed by atoms with Crippen LogP contribution in [0.4, 0.5) is 0 Å². The van der Waals surface area contributed by atoms with Crippen LogP contribution in [0.25, 0.3) is 0 Å². The molecule has 0 amide bonds. The summed E-state index contributed by atoms with van der Waals surface area (Å²) in [6, 6.07) is 16.3. The van der Waals surface area contributed by atoms with Crippen LogP contribution in [0, 0.1) is 0 Å². The van der Waals surface area contributed by atoms with Crippen molar-refractivity contribution >= 4 is 0 Å². The summed E-state index contributed by atoms with van der Waals surface area (Å²) in [5.74, 6) is -4.20. The summed E-state index contributed by atoms with van der Waals surface area (Å²) in [7, 11) is 0. The monoisotopic (exact) mass is 478 g/mol. The van der Waals surface area contributed by atoms with E-state index < -0.39 is 58.2 Å². The Morgan fingerprint density at radius 1 is 0.371 bits per heavy atom. The van der Waals surface area contributed by atoms with Gasteiger partial charge in [-0.25, -0.2) is 0 Å². The zero-order valence-corrected chi connectivity index (χ0v) is 18.1. The van der Waals surface area contributed by atoms with Crippen molar-refractivity contribution in [1.29, 1.82) is 0 Å². The van der Waals surface area contributed by atoms with Crippen molar-refractivity contribution in [3.05, 3.63) is 95.1 Å². The molecular formula is C26H22O9. The van der Waals surface area contributed by atoms with Gasteiger partial charge in [0.15, 0.2) is 46.0 Å². The molecule has 0 bridgehead atoms. The Bertz CT molecular complexity index is 1180. The highest BCUT2D eigenvalue weighted by molar-refractivity contribution is 5.56. The summed E-state index contributed by atoms with van der Waals surface area (Å²) in [6.45, 7) is 0. The number of aromatic hydroxyl groups is 8. The number of benzene rings is 4. The average molecular weight is 478 g/mol. The summed E-state index contributed by atoms with van der Waals surface area (Å²) in [5.41, 5.74) is -0.0734. The van der Waals surface area contributed by atoms with Crippen molar-refractivity contribution in [2.45, 2.75) is 12.2 Å². The highest BCUT2D eigenvalue weighted by Crippen LogP contribution is 2.49. The van der Waals surface area contributed by atoms with Gasteiger partial charge in [0.25, 0.3) is 0 Å². The number of ether oxygens (including phenoxy) is 1. The zero-order valence-electron chi connectivity index (χ0n) is 18.1. The number of rotatable bonds is 6. The van der Waals surface area contributed by atoms with Crippen LogP contribution in [0.1, 0.15) is 34.5 Å². The Morgan fingerprint density at radius 2 is 0.600 bits per heavy atom. The minimum absolute atomic E-state index is 0.0183. The average Bonchev–Trinajstić information content (AvgIpc) is 2.83. The predicted octanol–water partition coefficient (Wildman–Crippen LogP) is 4.23. The Morgan fingerprint density at radius 3 is 0.829 bits per heavy atom. The molecule has 0 radical (unpaired) electrons. The fraction of sp³-hybridized carbons (Fsp3) is 0.0769. The van der Waals surface area contributed by atoms with E-state index in [1.165, 1.54) is 72.8 Å². The van der Waals surface area contributed by atoms with Crippen LogP contribution in [0.3, 0.4) is 0 Å². The van der Waals surface area contributed by atoms with Crippen LogP contribution in [-0.2, 0) is 4.74 Å². The van der Waals surface area contributed by atoms with Gasteiger partial charge in [0.1, 0.15) is 12.2 Å². The van der Waals surface area contributed by atoms with Crippen molar-refractivity contribution in [2.75, 3.05) is 0 Å². The lowest BCUT2D eigenvalue weighted by molar-refractivity contribution is 0.0253. The molecule has 0 spiro atoms. The lowest BCUT2D eigenvalue weighted by Crippen LogP contribution is -2.14. The Hall–Kier alpha value is -4.76. The molecule has 0 aliphatic rings. The Kier molecular flexibility index (Phi) is 6.18. The van der Waals surface area contributed by atoms with E-state index in [-0.39, 0.29) is 22.3 Å². The minimum Gasteiger partial charge on any atom is -0.504 e. The van der Waals surface area contributed by atoms with Crippen LogP contribution >= 0.6 is 0 Å². The van der Waals surface area contributed by atoms with E-state index in [0.717, 1.165) is 0 Å². The van der Waals surface area contributed by atoms with Crippen molar-refractivity contribution in [1.82, 2.24) is 0 Å². The molecule has 0 aromatic heterocycles. The third-order valence-electron chi connectivity index (χ3n) is 5.59. The van der Waals surface area contributed by atoms with Gasteiger partial charge in [0.05, 0.1) is 0 Å². The molecule has 0 unspecified atom stereocenters. The second-order valence-corrected chi connectivity index (χ2v) is 7.76. The second-order valence-electron chi connectivity index (χ2n) is 7.76. The molecule has 0 saturated carbocycles. The van der Waals surface area contributed by atoms with Gasteiger partial charge in [-0.05, 0) is 24.3 Å². The third-order valence-corrected chi connectivity index (χ3v) is 5.59. The largest absolute Gasteiger partial charge is 0.504 e. The summed E-state index contributed by atoms with van der Waals surface area (Å²) in [5, 5.41) is 82.7. The molecular weight excluding hydrogens is 456 g/mol. The topological polar surface area (TPSA) is 171 Å². The lowest BCUT2D eigenvalue weighted by Gasteiger charge is -2.28. The SMILES string of the molecule is Oc1cccc(C(OC(c2cccc(O)c2O)c2cccc(O)c2O)c2cccc(O)c2O)c1O. The highest BCUT2D eigenvalue weighted by Gasteiger charge is 2.32. The van der Waals surface area contributed by atoms with Crippen LogP contribution < -0.4 is 0 Å². The van der Waals surface area contributed by atoms with Crippen LogP contribution in [0.2, 0.25) is 0 Å². The summed E-state index contributed by atoms with van der Waals surface area (Å²) < 4.78 is 6.25. The van der Waals surface area contributed by atoms with E-state index in [2.05, 4.69) is 0 Å². The smallest absolute Gasteiger partial charge is 0.163 e. The molecule has 180 valence electrons. The third kappa shape index (κ3) is 4.28. The van der Waals surface area contributed by atoms with Gasteiger partial charge in [-0.1, -0.05) is 48.5 Å². The number of phenolic OH excluding ortho intramolecular Hbond substituents is 8. The van der Waals surface area contributed by atoms with Gasteiger partial charge < -0.3 is 45.6 Å². The van der Waals surface area contributed by atoms with Crippen molar-refractivity contribution < 1.29 is 45.6 Å². The quantitative estimate of drug-likeness (QED) is 0.189. The molecule has 4 aromatic rings. The molecule has 8 N–H and O–H groups in total. The maximum Gasteiger partial charge on any atom is 0.163 e. The molecule has 9 heteroatoms. The van der Waals surface area contributed by atoms with Crippen molar-refractivity contribution in [3.63, 3.8) is 0 Å². The van der Waals surface area contributed by atoms with Crippen LogP contribution in [0.5, 0.6) is 46.0 Å². The molecule has 0 aliphatic carbocycles. The van der Waals surface area contributed by atoms with Crippen molar-refractivity contribution in [3.8, 4) is 46.0 Å². The van der Waals surface area contributed by atoms with Crippen molar-refractivity contribution in [2.24, 2.45) is 0 Å². The zero-order chi connectivity index (χ0) is 25.3. The predicted molar refractivity (Wildman–Crippen MR) is 124 cm³/mol. The van der Waals surface area contributed by atoms with Gasteiger partial charge in [0, 0.05) is 22.3 Å². The van der Waals surface area contributed by atoms with Gasteiger partial charge >= 0.3 is 0 Å². The first kappa shape index (κ1) is 23.4. The van der Waals surface area contributed by atoms with Gasteiger partial charge in [-0.15, -0.1) is 0 Å². The first-order valence-corrected chi connectivity index (χ1v) is 10.4. The summed E-state index contributed by atoms with van der Waals surface area (Å²) in [6.07, 6.45) is -2.77. The highest BCUT2D eigenvalue weighted by atomic mass is 16.5. The fourth-order valence-electron chi connectivity index (χ4n) is 3.81. The van der Waals surface area contributed by atoms with E-state index in [9.17, 15) is 40.9 Å². The molecule has 0 heterocycles. The van der Waals surface area contributed by atoms with Gasteiger partial charge in [-0.2, -0.15) is 0 Å². The van der Waals surface area contributed by atoms with Crippen LogP contribution in [-0.4, -0.2) is 40.9 Å². The van der Waals surface area contributed by atoms with E-state index in [0.29, 0.717) is 0 Å². The van der Waals surface area contributed by atoms with E-state index in [1.54, 1.807) is 0 Å². The fourth-order valence-corrected chi connectivity index (χ4v) is 3.81. The van der Waals surface area contributed by atoms with E-state index in [4.69, 9.17) is 4.74 Å². The standard InChI is InChI=1S/C26H22O9/c27-17-9-1-5-13(21(17)31)25(14-6-2-10-18(28)22(14)32)35-26(15-7-3-11-19(29)23(15)33)16-8-4-12-20(30)24(16)34/h1-12,25-34H. The molecule has 0 saturated heterocycles. The van der Waals surface area contributed by atoms with Crippen LogP contribution in [0.15, 0.2) is 72.8 Å². The summed E-state index contributed by atoms with van der Waals surface area (Å²) in [4.78, 5) is 0. The van der Waals surface area contributed by atoms with E-state index >= 15 is 0 Å². The number of hydrogen-bond donors (Lipinski definition) is 8. The lowest BCUT2D eigenvalue weighted by atomic mass is 9.95. The first-order chi connectivity index (χ1) is 16.7.